The van der Waals surface area contributed by atoms with Gasteiger partial charge in [0, 0.05) is 27.1 Å². The summed E-state index contributed by atoms with van der Waals surface area (Å²) in [6.45, 7) is 0.160. The Morgan fingerprint density at radius 2 is 1.97 bits per heavy atom. The van der Waals surface area contributed by atoms with Crippen molar-refractivity contribution in [1.82, 2.24) is 4.90 Å². The predicted molar refractivity (Wildman–Crippen MR) is 125 cm³/mol. The number of para-hydroxylation sites is 1. The second kappa shape index (κ2) is 8.79. The van der Waals surface area contributed by atoms with Crippen LogP contribution in [0, 0.1) is 0 Å². The molecule has 1 atom stereocenters. The Labute approximate surface area is 203 Å². The van der Waals surface area contributed by atoms with E-state index in [9.17, 15) is 14.7 Å². The molecule has 0 radical (unpaired) electrons. The standard InChI is InChI=1S/C26H19BrN2O5/c1-33-19-6-2-5-17-12-20(34-25(17)19)23(30)21-22(16-7-9-18(27)10-8-16)29(26(32)24(21)31)14-15-4-3-11-28-13-15/h2-13,22,31H,14H2,1H3. The van der Waals surface area contributed by atoms with E-state index in [4.69, 9.17) is 9.15 Å². The second-order valence-electron chi connectivity index (χ2n) is 7.86. The van der Waals surface area contributed by atoms with E-state index in [2.05, 4.69) is 20.9 Å². The van der Waals surface area contributed by atoms with Crippen molar-refractivity contribution in [3.05, 3.63) is 106 Å². The molecule has 1 amide bonds. The minimum Gasteiger partial charge on any atom is -0.868 e. The Hall–Kier alpha value is -3.91. The molecule has 5 rings (SSSR count). The maximum atomic E-state index is 13.6. The largest absolute Gasteiger partial charge is 0.868 e. The number of nitrogens with one attached hydrogen (secondary N) is 1. The van der Waals surface area contributed by atoms with Crippen LogP contribution in [0.25, 0.3) is 11.0 Å². The fraction of sp³-hybridized carbons (Fsp3) is 0.115. The Bertz CT molecular complexity index is 1430. The molecule has 0 bridgehead atoms. The van der Waals surface area contributed by atoms with Crippen LogP contribution in [0.2, 0.25) is 0 Å². The molecule has 8 heteroatoms. The number of fused-ring (bicyclic) bond motifs is 1. The molecule has 0 fully saturated rings. The Balaban J connectivity index is 1.60. The summed E-state index contributed by atoms with van der Waals surface area (Å²) in [5.41, 5.74) is 1.72. The van der Waals surface area contributed by atoms with Crippen LogP contribution in [0.5, 0.6) is 5.75 Å². The van der Waals surface area contributed by atoms with Gasteiger partial charge in [-0.25, -0.2) is 4.98 Å². The molecular formula is C26H19BrN2O5. The molecule has 0 saturated carbocycles. The summed E-state index contributed by atoms with van der Waals surface area (Å²) in [5.74, 6) is -1.72. The molecule has 0 spiro atoms. The normalized spacial score (nSPS) is 15.9. The highest BCUT2D eigenvalue weighted by Crippen LogP contribution is 2.40. The number of pyridine rings is 1. The van der Waals surface area contributed by atoms with Crippen LogP contribution in [0.15, 0.2) is 93.3 Å². The minimum absolute atomic E-state index is 0.0207. The van der Waals surface area contributed by atoms with Gasteiger partial charge in [0.1, 0.15) is 0 Å². The Morgan fingerprint density at radius 1 is 1.18 bits per heavy atom. The molecule has 0 aliphatic carbocycles. The molecule has 2 aromatic heterocycles. The zero-order valence-corrected chi connectivity index (χ0v) is 19.7. The molecule has 1 aliphatic heterocycles. The number of hydrogen-bond donors (Lipinski definition) is 0. The lowest BCUT2D eigenvalue weighted by Crippen LogP contribution is -2.32. The van der Waals surface area contributed by atoms with Crippen molar-refractivity contribution in [2.75, 3.05) is 7.11 Å². The third-order valence-corrected chi connectivity index (χ3v) is 6.32. The number of rotatable bonds is 6. The highest BCUT2D eigenvalue weighted by molar-refractivity contribution is 9.10. The first-order valence-corrected chi connectivity index (χ1v) is 11.3. The van der Waals surface area contributed by atoms with Crippen LogP contribution in [0.3, 0.4) is 0 Å². The van der Waals surface area contributed by atoms with Crippen molar-refractivity contribution in [1.29, 1.82) is 0 Å². The van der Waals surface area contributed by atoms with Gasteiger partial charge in [0.15, 0.2) is 29.5 Å². The monoisotopic (exact) mass is 518 g/mol. The topological polar surface area (TPSA) is 97.0 Å². The number of hydrogen-bond acceptors (Lipinski definition) is 5. The Kier molecular flexibility index (Phi) is 5.67. The van der Waals surface area contributed by atoms with E-state index in [1.807, 2.05) is 24.3 Å². The first kappa shape index (κ1) is 21.9. The molecule has 3 heterocycles. The van der Waals surface area contributed by atoms with Crippen molar-refractivity contribution < 1.29 is 28.8 Å². The average Bonchev–Trinajstić information content (AvgIpc) is 3.40. The number of ether oxygens (including phenoxy) is 1. The molecule has 170 valence electrons. The van der Waals surface area contributed by atoms with Crippen LogP contribution >= 0.6 is 15.9 Å². The lowest BCUT2D eigenvalue weighted by Gasteiger charge is -2.27. The third-order valence-electron chi connectivity index (χ3n) is 5.79. The number of nitrogens with zero attached hydrogens (tertiary/aromatic N) is 1. The number of amides is 1. The van der Waals surface area contributed by atoms with Gasteiger partial charge in [-0.05, 0) is 41.7 Å². The lowest BCUT2D eigenvalue weighted by molar-refractivity contribution is -0.378. The SMILES string of the molecule is COc1cccc2cc(C(=O)C3=C([O-])C(=O)N(Cc4ccc[nH+]c4)C3c3ccc(Br)cc3)oc12. The van der Waals surface area contributed by atoms with E-state index in [1.54, 1.807) is 48.8 Å². The number of furan rings is 1. The first-order chi connectivity index (χ1) is 16.5. The molecule has 1 aliphatic rings. The Morgan fingerprint density at radius 3 is 2.68 bits per heavy atom. The molecular weight excluding hydrogens is 500 g/mol. The van der Waals surface area contributed by atoms with Crippen LogP contribution in [0.4, 0.5) is 0 Å². The van der Waals surface area contributed by atoms with Crippen molar-refractivity contribution in [3.63, 3.8) is 0 Å². The third kappa shape index (κ3) is 3.76. The smallest absolute Gasteiger partial charge is 0.240 e. The quantitative estimate of drug-likeness (QED) is 0.363. The number of carbonyl (C=O) groups is 2. The number of Topliss-reactive ketones (excluding diaryl/α,β-unsaturated/α-hetero) is 1. The molecule has 1 unspecified atom stereocenters. The van der Waals surface area contributed by atoms with Gasteiger partial charge in [-0.15, -0.1) is 0 Å². The highest BCUT2D eigenvalue weighted by Gasteiger charge is 2.40. The van der Waals surface area contributed by atoms with Crippen molar-refractivity contribution in [2.24, 2.45) is 0 Å². The van der Waals surface area contributed by atoms with Gasteiger partial charge in [-0.3, -0.25) is 9.59 Å². The van der Waals surface area contributed by atoms with Crippen molar-refractivity contribution in [2.45, 2.75) is 12.6 Å². The number of benzene rings is 2. The van der Waals surface area contributed by atoms with Gasteiger partial charge in [-0.2, -0.15) is 0 Å². The molecule has 7 nitrogen and oxygen atoms in total. The van der Waals surface area contributed by atoms with Gasteiger partial charge in [0.25, 0.3) is 0 Å². The van der Waals surface area contributed by atoms with Crippen LogP contribution in [-0.2, 0) is 11.3 Å². The average molecular weight is 519 g/mol. The van der Waals surface area contributed by atoms with E-state index in [0.29, 0.717) is 22.3 Å². The summed E-state index contributed by atoms with van der Waals surface area (Å²) in [5, 5.41) is 13.8. The van der Waals surface area contributed by atoms with Gasteiger partial charge < -0.3 is 19.2 Å². The number of ketones is 1. The fourth-order valence-electron chi connectivity index (χ4n) is 4.19. The van der Waals surface area contributed by atoms with Crippen LogP contribution in [-0.4, -0.2) is 23.7 Å². The summed E-state index contributed by atoms with van der Waals surface area (Å²) >= 11 is 3.41. The summed E-state index contributed by atoms with van der Waals surface area (Å²) in [7, 11) is 1.51. The van der Waals surface area contributed by atoms with Gasteiger partial charge in [0.05, 0.1) is 19.7 Å². The minimum atomic E-state index is -0.851. The number of halogens is 1. The highest BCUT2D eigenvalue weighted by atomic mass is 79.9. The van der Waals surface area contributed by atoms with Crippen LogP contribution < -0.4 is 14.8 Å². The fourth-order valence-corrected chi connectivity index (χ4v) is 4.46. The van der Waals surface area contributed by atoms with Gasteiger partial charge in [0.2, 0.25) is 11.7 Å². The summed E-state index contributed by atoms with van der Waals surface area (Å²) < 4.78 is 12.0. The van der Waals surface area contributed by atoms with Gasteiger partial charge >= 0.3 is 0 Å². The maximum Gasteiger partial charge on any atom is 0.240 e. The van der Waals surface area contributed by atoms with Crippen LogP contribution in [0.1, 0.15) is 27.7 Å². The molecule has 4 aromatic rings. The number of H-pyrrole nitrogens is 1. The van der Waals surface area contributed by atoms with E-state index in [0.717, 1.165) is 10.0 Å². The molecule has 34 heavy (non-hydrogen) atoms. The first-order valence-electron chi connectivity index (χ1n) is 10.5. The van der Waals surface area contributed by atoms with Gasteiger partial charge in [-0.1, -0.05) is 40.2 Å². The predicted octanol–water partition coefficient (Wildman–Crippen LogP) is 3.60. The lowest BCUT2D eigenvalue weighted by atomic mass is 9.95. The van der Waals surface area contributed by atoms with E-state index in [-0.39, 0.29) is 17.9 Å². The summed E-state index contributed by atoms with van der Waals surface area (Å²) in [6, 6.07) is 16.9. The zero-order valence-electron chi connectivity index (χ0n) is 18.1. The molecule has 1 N–H and O–H groups in total. The zero-order chi connectivity index (χ0) is 23.8. The second-order valence-corrected chi connectivity index (χ2v) is 8.78. The summed E-state index contributed by atoms with van der Waals surface area (Å²) in [4.78, 5) is 31.1. The summed E-state index contributed by atoms with van der Waals surface area (Å²) in [6.07, 6.45) is 3.51. The van der Waals surface area contributed by atoms with E-state index in [1.165, 1.54) is 12.0 Å². The number of aromatic nitrogens is 1. The number of carbonyl (C=O) groups excluding carboxylic acids is 2. The molecule has 2 aromatic carbocycles. The molecule has 0 saturated heterocycles. The number of methoxy groups -OCH3 is 1. The number of aromatic amines is 1. The maximum absolute atomic E-state index is 13.6. The van der Waals surface area contributed by atoms with E-state index >= 15 is 0 Å². The van der Waals surface area contributed by atoms with Crippen molar-refractivity contribution in [3.8, 4) is 5.75 Å². The van der Waals surface area contributed by atoms with Crippen molar-refractivity contribution >= 4 is 38.6 Å². The van der Waals surface area contributed by atoms with E-state index < -0.39 is 23.5 Å².